The fraction of sp³-hybridized carbons (Fsp3) is 0.462. The molecule has 0 atom stereocenters. The molecule has 1 amide bonds. The van der Waals surface area contributed by atoms with Crippen LogP contribution in [0.1, 0.15) is 81.2 Å². The topological polar surface area (TPSA) is 73.1 Å². The van der Waals surface area contributed by atoms with Gasteiger partial charge in [-0.25, -0.2) is 4.79 Å². The molecule has 3 aromatic rings. The number of benzene rings is 1. The Balaban J connectivity index is 1.42. The highest BCUT2D eigenvalue weighted by Crippen LogP contribution is 2.42. The van der Waals surface area contributed by atoms with Gasteiger partial charge in [-0.05, 0) is 70.2 Å². The van der Waals surface area contributed by atoms with E-state index in [0.29, 0.717) is 24.9 Å². The molecule has 0 N–H and O–H groups in total. The lowest BCUT2D eigenvalue weighted by atomic mass is 9.80. The summed E-state index contributed by atoms with van der Waals surface area (Å²) < 4.78 is 7.83. The maximum atomic E-state index is 12.9. The van der Waals surface area contributed by atoms with Crippen LogP contribution in [0.4, 0.5) is 4.79 Å². The van der Waals surface area contributed by atoms with E-state index in [-0.39, 0.29) is 6.09 Å². The number of para-hydroxylation sites is 1. The quantitative estimate of drug-likeness (QED) is 0.450. The van der Waals surface area contributed by atoms with Gasteiger partial charge in [0.05, 0.1) is 29.5 Å². The molecule has 178 valence electrons. The number of carbonyl (C=O) groups is 1. The summed E-state index contributed by atoms with van der Waals surface area (Å²) in [6.07, 6.45) is 5.48. The molecule has 1 aromatic carbocycles. The molecule has 3 heterocycles. The fourth-order valence-corrected chi connectivity index (χ4v) is 5.31. The van der Waals surface area contributed by atoms with E-state index in [9.17, 15) is 4.79 Å². The molecule has 0 bridgehead atoms. The maximum Gasteiger partial charge on any atom is 0.411 e. The summed E-state index contributed by atoms with van der Waals surface area (Å²) in [5.74, 6) is 2.40. The molecule has 1 aliphatic carbocycles. The van der Waals surface area contributed by atoms with Crippen molar-refractivity contribution in [2.75, 3.05) is 0 Å². The molecule has 34 heavy (non-hydrogen) atoms. The SMILES string of the molecule is CC(C)(C)OC(=O)N1Cc2ccccc2-n2c(nnc2C2CCC(c3ncccc3Cl)CC2)C1. The Morgan fingerprint density at radius 3 is 2.47 bits per heavy atom. The summed E-state index contributed by atoms with van der Waals surface area (Å²) in [5.41, 5.74) is 2.54. The Kier molecular flexibility index (Phi) is 6.06. The molecule has 0 spiro atoms. The number of fused-ring (bicyclic) bond motifs is 3. The zero-order chi connectivity index (χ0) is 23.9. The summed E-state index contributed by atoms with van der Waals surface area (Å²) in [4.78, 5) is 19.2. The van der Waals surface area contributed by atoms with E-state index in [1.807, 2.05) is 51.2 Å². The van der Waals surface area contributed by atoms with Gasteiger partial charge < -0.3 is 4.74 Å². The Labute approximate surface area is 205 Å². The van der Waals surface area contributed by atoms with E-state index in [2.05, 4.69) is 31.9 Å². The summed E-state index contributed by atoms with van der Waals surface area (Å²) in [7, 11) is 0. The molecule has 1 fully saturated rings. The third kappa shape index (κ3) is 4.53. The normalized spacial score (nSPS) is 20.3. The first-order valence-corrected chi connectivity index (χ1v) is 12.3. The second kappa shape index (κ2) is 9.02. The predicted molar refractivity (Wildman–Crippen MR) is 130 cm³/mol. The highest BCUT2D eigenvalue weighted by atomic mass is 35.5. The molecule has 2 aliphatic rings. The van der Waals surface area contributed by atoms with Crippen LogP contribution >= 0.6 is 11.6 Å². The molecule has 0 radical (unpaired) electrons. The minimum absolute atomic E-state index is 0.293. The number of nitrogens with zero attached hydrogens (tertiary/aromatic N) is 5. The number of aromatic nitrogens is 4. The van der Waals surface area contributed by atoms with E-state index in [4.69, 9.17) is 16.3 Å². The number of hydrogen-bond donors (Lipinski definition) is 0. The van der Waals surface area contributed by atoms with Crippen LogP contribution in [0.25, 0.3) is 5.69 Å². The zero-order valence-electron chi connectivity index (χ0n) is 19.9. The maximum absolute atomic E-state index is 12.9. The number of hydrogen-bond acceptors (Lipinski definition) is 5. The first kappa shape index (κ1) is 22.8. The third-order valence-electron chi connectivity index (χ3n) is 6.60. The fourth-order valence-electron chi connectivity index (χ4n) is 5.03. The van der Waals surface area contributed by atoms with E-state index in [0.717, 1.165) is 59.3 Å². The van der Waals surface area contributed by atoms with Crippen molar-refractivity contribution in [2.24, 2.45) is 0 Å². The number of carbonyl (C=O) groups excluding carboxylic acids is 1. The second-order valence-electron chi connectivity index (χ2n) is 10.2. The largest absolute Gasteiger partial charge is 0.444 e. The second-order valence-corrected chi connectivity index (χ2v) is 10.6. The van der Waals surface area contributed by atoms with Crippen molar-refractivity contribution >= 4 is 17.7 Å². The lowest BCUT2D eigenvalue weighted by molar-refractivity contribution is 0.0214. The van der Waals surface area contributed by atoms with Crippen LogP contribution in [0.3, 0.4) is 0 Å². The monoisotopic (exact) mass is 479 g/mol. The van der Waals surface area contributed by atoms with E-state index in [1.165, 1.54) is 0 Å². The summed E-state index contributed by atoms with van der Waals surface area (Å²) in [6, 6.07) is 12.0. The molecular formula is C26H30ClN5O2. The summed E-state index contributed by atoms with van der Waals surface area (Å²) in [5, 5.41) is 9.93. The lowest BCUT2D eigenvalue weighted by Gasteiger charge is -2.28. The average Bonchev–Trinajstić information content (AvgIpc) is 3.14. The average molecular weight is 480 g/mol. The summed E-state index contributed by atoms with van der Waals surface area (Å²) >= 11 is 6.41. The van der Waals surface area contributed by atoms with Gasteiger partial charge in [-0.3, -0.25) is 14.5 Å². The van der Waals surface area contributed by atoms with Crippen molar-refractivity contribution < 1.29 is 9.53 Å². The number of ether oxygens (including phenoxy) is 1. The van der Waals surface area contributed by atoms with Crippen LogP contribution in [0.15, 0.2) is 42.6 Å². The van der Waals surface area contributed by atoms with Gasteiger partial charge in [-0.1, -0.05) is 29.8 Å². The van der Waals surface area contributed by atoms with Crippen LogP contribution in [-0.2, 0) is 17.8 Å². The Morgan fingerprint density at radius 2 is 1.74 bits per heavy atom. The van der Waals surface area contributed by atoms with Gasteiger partial charge in [0.1, 0.15) is 11.4 Å². The molecule has 1 aliphatic heterocycles. The van der Waals surface area contributed by atoms with Crippen LogP contribution in [0, 0.1) is 0 Å². The van der Waals surface area contributed by atoms with Gasteiger partial charge in [-0.2, -0.15) is 0 Å². The molecule has 1 saturated carbocycles. The molecule has 2 aromatic heterocycles. The molecule has 8 heteroatoms. The van der Waals surface area contributed by atoms with Gasteiger partial charge in [0.15, 0.2) is 5.82 Å². The van der Waals surface area contributed by atoms with Gasteiger partial charge in [-0.15, -0.1) is 10.2 Å². The van der Waals surface area contributed by atoms with Gasteiger partial charge in [0, 0.05) is 18.0 Å². The van der Waals surface area contributed by atoms with Crippen LogP contribution in [-0.4, -0.2) is 36.3 Å². The first-order chi connectivity index (χ1) is 16.3. The Bertz CT molecular complexity index is 1190. The predicted octanol–water partition coefficient (Wildman–Crippen LogP) is 6.01. The van der Waals surface area contributed by atoms with Crippen molar-refractivity contribution in [1.82, 2.24) is 24.6 Å². The van der Waals surface area contributed by atoms with Gasteiger partial charge in [0.25, 0.3) is 0 Å². The highest BCUT2D eigenvalue weighted by molar-refractivity contribution is 6.31. The van der Waals surface area contributed by atoms with Crippen LogP contribution in [0.5, 0.6) is 0 Å². The number of halogens is 1. The number of amides is 1. The zero-order valence-corrected chi connectivity index (χ0v) is 20.6. The van der Waals surface area contributed by atoms with Crippen LogP contribution in [0.2, 0.25) is 5.02 Å². The van der Waals surface area contributed by atoms with E-state index >= 15 is 0 Å². The van der Waals surface area contributed by atoms with Crippen molar-refractivity contribution in [1.29, 1.82) is 0 Å². The van der Waals surface area contributed by atoms with Gasteiger partial charge in [0.2, 0.25) is 0 Å². The lowest BCUT2D eigenvalue weighted by Crippen LogP contribution is -2.35. The number of pyridine rings is 1. The van der Waals surface area contributed by atoms with Crippen molar-refractivity contribution in [3.05, 3.63) is 70.5 Å². The first-order valence-electron chi connectivity index (χ1n) is 11.9. The highest BCUT2D eigenvalue weighted by Gasteiger charge is 2.33. The Hall–Kier alpha value is -2.93. The minimum Gasteiger partial charge on any atom is -0.444 e. The summed E-state index contributed by atoms with van der Waals surface area (Å²) in [6.45, 7) is 6.47. The molecule has 7 nitrogen and oxygen atoms in total. The number of rotatable bonds is 2. The minimum atomic E-state index is -0.559. The van der Waals surface area contributed by atoms with Gasteiger partial charge >= 0.3 is 6.09 Å². The smallest absolute Gasteiger partial charge is 0.411 e. The van der Waals surface area contributed by atoms with E-state index in [1.54, 1.807) is 4.90 Å². The van der Waals surface area contributed by atoms with Crippen molar-refractivity contribution in [3.8, 4) is 5.69 Å². The van der Waals surface area contributed by atoms with E-state index < -0.39 is 5.60 Å². The molecule has 0 unspecified atom stereocenters. The Morgan fingerprint density at radius 1 is 1.00 bits per heavy atom. The van der Waals surface area contributed by atoms with Crippen molar-refractivity contribution in [2.45, 2.75) is 77.0 Å². The molecule has 0 saturated heterocycles. The molecule has 5 rings (SSSR count). The third-order valence-corrected chi connectivity index (χ3v) is 6.92. The van der Waals surface area contributed by atoms with Crippen LogP contribution < -0.4 is 0 Å². The standard InChI is InChI=1S/C26H30ClN5O2/c1-26(2,3)34-25(33)31-15-19-7-4-5-9-21(19)32-22(16-31)29-30-24(32)18-12-10-17(11-13-18)23-20(27)8-6-14-28-23/h4-9,14,17-18H,10-13,15-16H2,1-3H3. The van der Waals surface area contributed by atoms with Crippen molar-refractivity contribution in [3.63, 3.8) is 0 Å². The molecular weight excluding hydrogens is 450 g/mol.